The predicted molar refractivity (Wildman–Crippen MR) is 101 cm³/mol. The van der Waals surface area contributed by atoms with Crippen LogP contribution in [0.5, 0.6) is 11.5 Å². The van der Waals surface area contributed by atoms with Crippen molar-refractivity contribution in [3.05, 3.63) is 67.6 Å². The van der Waals surface area contributed by atoms with Gasteiger partial charge >= 0.3 is 0 Å². The molecular formula is C17H10N4O7S. The summed E-state index contributed by atoms with van der Waals surface area (Å²) in [6, 6.07) is 8.02. The molecule has 0 atom stereocenters. The van der Waals surface area contributed by atoms with E-state index in [1.807, 2.05) is 0 Å². The summed E-state index contributed by atoms with van der Waals surface area (Å²) in [5, 5.41) is 26.4. The van der Waals surface area contributed by atoms with E-state index in [9.17, 15) is 25.0 Å². The maximum Gasteiger partial charge on any atom is 0.277 e. The molecule has 1 aliphatic rings. The fraction of sp³-hybridized carbons (Fsp3) is 0.0588. The number of ether oxygens (including phenoxy) is 2. The third kappa shape index (κ3) is 3.68. The number of rotatable bonds is 5. The molecular weight excluding hydrogens is 404 g/mol. The summed E-state index contributed by atoms with van der Waals surface area (Å²) in [6.07, 6.45) is 0. The Labute approximate surface area is 165 Å². The number of aromatic nitrogens is 1. The number of anilines is 1. The molecule has 12 heteroatoms. The van der Waals surface area contributed by atoms with Gasteiger partial charge in [-0.1, -0.05) is 0 Å². The second-order valence-electron chi connectivity index (χ2n) is 5.81. The molecule has 1 amide bonds. The smallest absolute Gasteiger partial charge is 0.277 e. The number of benzene rings is 2. The van der Waals surface area contributed by atoms with Gasteiger partial charge < -0.3 is 9.47 Å². The number of nitrogens with zero attached hydrogens (tertiary/aromatic N) is 3. The van der Waals surface area contributed by atoms with Crippen LogP contribution in [0.3, 0.4) is 0 Å². The van der Waals surface area contributed by atoms with Crippen LogP contribution in [0, 0.1) is 20.2 Å². The van der Waals surface area contributed by atoms with Gasteiger partial charge in [-0.25, -0.2) is 4.98 Å². The Morgan fingerprint density at radius 1 is 1.03 bits per heavy atom. The highest BCUT2D eigenvalue weighted by Gasteiger charge is 2.21. The first kappa shape index (κ1) is 18.3. The fourth-order valence-corrected chi connectivity index (χ4v) is 3.34. The van der Waals surface area contributed by atoms with Crippen molar-refractivity contribution < 1.29 is 24.1 Å². The van der Waals surface area contributed by atoms with Crippen molar-refractivity contribution in [3.63, 3.8) is 0 Å². The summed E-state index contributed by atoms with van der Waals surface area (Å²) in [5.74, 6) is 0.471. The highest BCUT2D eigenvalue weighted by atomic mass is 32.1. The third-order valence-electron chi connectivity index (χ3n) is 3.98. The van der Waals surface area contributed by atoms with Gasteiger partial charge in [0.05, 0.1) is 27.2 Å². The number of nitrogens with one attached hydrogen (secondary N) is 1. The van der Waals surface area contributed by atoms with Crippen molar-refractivity contribution in [3.8, 4) is 22.8 Å². The van der Waals surface area contributed by atoms with E-state index in [0.717, 1.165) is 35.1 Å². The number of thiazole rings is 1. The standard InChI is InChI=1S/C17H10N4O7S/c22-16(10-3-11(20(23)24)6-12(4-10)21(25)26)19-17-18-13(7-29-17)9-1-2-14-15(5-9)28-8-27-14/h1-7H,8H2,(H,18,19,22). The van der Waals surface area contributed by atoms with Gasteiger partial charge in [-0.15, -0.1) is 11.3 Å². The first-order valence-electron chi connectivity index (χ1n) is 8.01. The minimum atomic E-state index is -0.801. The molecule has 11 nitrogen and oxygen atoms in total. The van der Waals surface area contributed by atoms with Crippen molar-refractivity contribution in [2.24, 2.45) is 0 Å². The Balaban J connectivity index is 1.57. The molecule has 1 aliphatic heterocycles. The van der Waals surface area contributed by atoms with Gasteiger partial charge in [-0.3, -0.25) is 30.3 Å². The van der Waals surface area contributed by atoms with Crippen LogP contribution in [0.15, 0.2) is 41.8 Å². The van der Waals surface area contributed by atoms with Crippen molar-refractivity contribution >= 4 is 33.8 Å². The third-order valence-corrected chi connectivity index (χ3v) is 4.74. The lowest BCUT2D eigenvalue weighted by molar-refractivity contribution is -0.394. The van der Waals surface area contributed by atoms with Crippen molar-refractivity contribution in [1.82, 2.24) is 4.98 Å². The minimum Gasteiger partial charge on any atom is -0.454 e. The van der Waals surface area contributed by atoms with E-state index in [1.54, 1.807) is 23.6 Å². The number of carbonyl (C=O) groups excluding carboxylic acids is 1. The summed E-state index contributed by atoms with van der Waals surface area (Å²) < 4.78 is 10.6. The SMILES string of the molecule is O=C(Nc1nc(-c2ccc3c(c2)OCO3)cs1)c1cc([N+](=O)[O-])cc([N+](=O)[O-])c1. The van der Waals surface area contributed by atoms with Gasteiger partial charge in [-0.05, 0) is 18.2 Å². The normalized spacial score (nSPS) is 11.9. The largest absolute Gasteiger partial charge is 0.454 e. The lowest BCUT2D eigenvalue weighted by Gasteiger charge is -2.03. The fourth-order valence-electron chi connectivity index (χ4n) is 2.63. The first-order valence-corrected chi connectivity index (χ1v) is 8.89. The predicted octanol–water partition coefficient (Wildman–Crippen LogP) is 3.61. The molecule has 29 heavy (non-hydrogen) atoms. The Morgan fingerprint density at radius 2 is 1.72 bits per heavy atom. The number of nitro groups is 2. The van der Waals surface area contributed by atoms with Gasteiger partial charge in [0.15, 0.2) is 16.6 Å². The van der Waals surface area contributed by atoms with Crippen LogP contribution in [0.1, 0.15) is 10.4 Å². The average molecular weight is 414 g/mol. The molecule has 3 aromatic rings. The molecule has 146 valence electrons. The molecule has 1 N–H and O–H groups in total. The molecule has 0 saturated heterocycles. The van der Waals surface area contributed by atoms with E-state index < -0.39 is 27.1 Å². The molecule has 0 saturated carbocycles. The Morgan fingerprint density at radius 3 is 2.41 bits per heavy atom. The minimum absolute atomic E-state index is 0.145. The molecule has 2 aromatic carbocycles. The van der Waals surface area contributed by atoms with Gasteiger partial charge in [0, 0.05) is 23.1 Å². The average Bonchev–Trinajstić information content (AvgIpc) is 3.36. The molecule has 2 heterocycles. The van der Waals surface area contributed by atoms with Crippen LogP contribution in [0.25, 0.3) is 11.3 Å². The summed E-state index contributed by atoms with van der Waals surface area (Å²) in [7, 11) is 0. The molecule has 0 spiro atoms. The van der Waals surface area contributed by atoms with E-state index >= 15 is 0 Å². The highest BCUT2D eigenvalue weighted by molar-refractivity contribution is 7.14. The summed E-state index contributed by atoms with van der Waals surface area (Å²) >= 11 is 1.14. The van der Waals surface area contributed by atoms with E-state index in [0.29, 0.717) is 17.2 Å². The van der Waals surface area contributed by atoms with Crippen LogP contribution in [-0.2, 0) is 0 Å². The second kappa shape index (κ2) is 7.16. The van der Waals surface area contributed by atoms with E-state index in [1.165, 1.54) is 0 Å². The maximum absolute atomic E-state index is 12.4. The molecule has 0 fully saturated rings. The summed E-state index contributed by atoms with van der Waals surface area (Å²) in [5.41, 5.74) is 0.00501. The molecule has 4 rings (SSSR count). The number of nitro benzene ring substituents is 2. The van der Waals surface area contributed by atoms with Crippen molar-refractivity contribution in [1.29, 1.82) is 0 Å². The van der Waals surface area contributed by atoms with Crippen LogP contribution >= 0.6 is 11.3 Å². The Bertz CT molecular complexity index is 1130. The number of fused-ring (bicyclic) bond motifs is 1. The Kier molecular flexibility index (Phi) is 4.52. The summed E-state index contributed by atoms with van der Waals surface area (Å²) in [4.78, 5) is 37.1. The maximum atomic E-state index is 12.4. The molecule has 0 unspecified atom stereocenters. The zero-order valence-electron chi connectivity index (χ0n) is 14.4. The molecule has 0 radical (unpaired) electrons. The van der Waals surface area contributed by atoms with Crippen LogP contribution in [0.2, 0.25) is 0 Å². The van der Waals surface area contributed by atoms with Crippen LogP contribution in [0.4, 0.5) is 16.5 Å². The summed E-state index contributed by atoms with van der Waals surface area (Å²) in [6.45, 7) is 0.145. The number of amides is 1. The quantitative estimate of drug-likeness (QED) is 0.492. The van der Waals surface area contributed by atoms with E-state index in [2.05, 4.69) is 10.3 Å². The molecule has 0 bridgehead atoms. The van der Waals surface area contributed by atoms with Gasteiger partial charge in [0.1, 0.15) is 0 Å². The lowest BCUT2D eigenvalue weighted by Crippen LogP contribution is -2.12. The monoisotopic (exact) mass is 414 g/mol. The Hall–Kier alpha value is -4.06. The van der Waals surface area contributed by atoms with Gasteiger partial charge in [0.25, 0.3) is 17.3 Å². The van der Waals surface area contributed by atoms with Crippen molar-refractivity contribution in [2.45, 2.75) is 0 Å². The van der Waals surface area contributed by atoms with Crippen molar-refractivity contribution in [2.75, 3.05) is 12.1 Å². The van der Waals surface area contributed by atoms with Crippen LogP contribution in [-0.4, -0.2) is 27.5 Å². The number of hydrogen-bond acceptors (Lipinski definition) is 9. The molecule has 1 aromatic heterocycles. The number of hydrogen-bond donors (Lipinski definition) is 1. The zero-order valence-corrected chi connectivity index (χ0v) is 15.2. The topological polar surface area (TPSA) is 147 Å². The highest BCUT2D eigenvalue weighted by Crippen LogP contribution is 2.36. The number of non-ortho nitro benzene ring substituents is 2. The lowest BCUT2D eigenvalue weighted by atomic mass is 10.1. The zero-order chi connectivity index (χ0) is 20.5. The number of carbonyl (C=O) groups is 1. The van der Waals surface area contributed by atoms with Gasteiger partial charge in [-0.2, -0.15) is 0 Å². The van der Waals surface area contributed by atoms with E-state index in [4.69, 9.17) is 9.47 Å². The first-order chi connectivity index (χ1) is 13.9. The van der Waals surface area contributed by atoms with Gasteiger partial charge in [0.2, 0.25) is 6.79 Å². The van der Waals surface area contributed by atoms with Crippen LogP contribution < -0.4 is 14.8 Å². The second-order valence-corrected chi connectivity index (χ2v) is 6.67. The van der Waals surface area contributed by atoms with E-state index in [-0.39, 0.29) is 17.5 Å². The molecule has 0 aliphatic carbocycles.